The van der Waals surface area contributed by atoms with Gasteiger partial charge in [-0.15, -0.1) is 0 Å². The summed E-state index contributed by atoms with van der Waals surface area (Å²) < 4.78 is 11.4. The fraction of sp³-hybridized carbons (Fsp3) is 0.600. The van der Waals surface area contributed by atoms with Crippen molar-refractivity contribution < 1.29 is 9.15 Å². The summed E-state index contributed by atoms with van der Waals surface area (Å²) in [5.74, 6) is 1.84. The van der Waals surface area contributed by atoms with Gasteiger partial charge in [-0.3, -0.25) is 4.90 Å². The Hall–Kier alpha value is -1.56. The Kier molecular flexibility index (Phi) is 5.99. The van der Waals surface area contributed by atoms with E-state index in [0.717, 1.165) is 55.2 Å². The van der Waals surface area contributed by atoms with Crippen LogP contribution in [0, 0.1) is 0 Å². The van der Waals surface area contributed by atoms with E-state index in [1.54, 1.807) is 7.11 Å². The normalized spacial score (nSPS) is 17.0. The molecule has 5 heteroatoms. The number of hydrogen-bond donors (Lipinski definition) is 0. The van der Waals surface area contributed by atoms with Gasteiger partial charge in [-0.05, 0) is 46.1 Å². The maximum atomic E-state index is 6.05. The zero-order chi connectivity index (χ0) is 17.8. The lowest BCUT2D eigenvalue weighted by Crippen LogP contribution is -2.44. The molecule has 0 spiro atoms. The monoisotopic (exact) mass is 345 g/mol. The summed E-state index contributed by atoms with van der Waals surface area (Å²) >= 11 is 0. The molecule has 0 atom stereocenters. The molecular formula is C20H31N3O2. The molecule has 2 aromatic rings. The average molecular weight is 345 g/mol. The SMILES string of the molecule is COc1cccc2cc(CN3CCC(N(C)CCN(C)C)CC3)oc12. The minimum absolute atomic E-state index is 0.701. The molecule has 1 saturated heterocycles. The largest absolute Gasteiger partial charge is 0.493 e. The van der Waals surface area contributed by atoms with Crippen LogP contribution in [0.1, 0.15) is 18.6 Å². The quantitative estimate of drug-likeness (QED) is 0.770. The Bertz CT molecular complexity index is 675. The van der Waals surface area contributed by atoms with Crippen LogP contribution < -0.4 is 4.74 Å². The van der Waals surface area contributed by atoms with E-state index in [0.29, 0.717) is 6.04 Å². The van der Waals surface area contributed by atoms with Gasteiger partial charge in [0.05, 0.1) is 13.7 Å². The van der Waals surface area contributed by atoms with Crippen molar-refractivity contribution >= 4 is 11.0 Å². The lowest BCUT2D eigenvalue weighted by atomic mass is 10.0. The first kappa shape index (κ1) is 18.2. The van der Waals surface area contributed by atoms with E-state index in [4.69, 9.17) is 9.15 Å². The number of para-hydroxylation sites is 1. The minimum atomic E-state index is 0.701. The Morgan fingerprint density at radius 2 is 1.92 bits per heavy atom. The lowest BCUT2D eigenvalue weighted by molar-refractivity contribution is 0.114. The molecule has 0 unspecified atom stereocenters. The molecule has 0 aliphatic carbocycles. The fourth-order valence-corrected chi connectivity index (χ4v) is 3.61. The van der Waals surface area contributed by atoms with Gasteiger partial charge in [-0.25, -0.2) is 0 Å². The lowest BCUT2D eigenvalue weighted by Gasteiger charge is -2.36. The number of furan rings is 1. The van der Waals surface area contributed by atoms with Gasteiger partial charge in [0.25, 0.3) is 0 Å². The van der Waals surface area contributed by atoms with Crippen LogP contribution >= 0.6 is 0 Å². The topological polar surface area (TPSA) is 32.1 Å². The number of rotatable bonds is 7. The van der Waals surface area contributed by atoms with Crippen molar-refractivity contribution in [3.63, 3.8) is 0 Å². The van der Waals surface area contributed by atoms with Crippen molar-refractivity contribution in [3.05, 3.63) is 30.0 Å². The van der Waals surface area contributed by atoms with E-state index < -0.39 is 0 Å². The van der Waals surface area contributed by atoms with Crippen LogP contribution in [-0.4, -0.2) is 75.2 Å². The molecule has 0 radical (unpaired) electrons. The van der Waals surface area contributed by atoms with Crippen LogP contribution in [-0.2, 0) is 6.54 Å². The van der Waals surface area contributed by atoms with Gasteiger partial charge < -0.3 is 19.0 Å². The van der Waals surface area contributed by atoms with E-state index in [9.17, 15) is 0 Å². The molecule has 1 aliphatic heterocycles. The second-order valence-electron chi connectivity index (χ2n) is 7.38. The maximum Gasteiger partial charge on any atom is 0.176 e. The van der Waals surface area contributed by atoms with E-state index in [-0.39, 0.29) is 0 Å². The highest BCUT2D eigenvalue weighted by Crippen LogP contribution is 2.29. The van der Waals surface area contributed by atoms with Gasteiger partial charge in [-0.2, -0.15) is 0 Å². The van der Waals surface area contributed by atoms with Crippen LogP contribution in [0.15, 0.2) is 28.7 Å². The zero-order valence-corrected chi connectivity index (χ0v) is 16.0. The van der Waals surface area contributed by atoms with Gasteiger partial charge in [-0.1, -0.05) is 12.1 Å². The third-order valence-corrected chi connectivity index (χ3v) is 5.24. The van der Waals surface area contributed by atoms with Gasteiger partial charge in [0.1, 0.15) is 5.76 Å². The second kappa shape index (κ2) is 8.21. The van der Waals surface area contributed by atoms with Gasteiger partial charge >= 0.3 is 0 Å². The number of likely N-dealkylation sites (tertiary alicyclic amines) is 1. The molecule has 138 valence electrons. The first-order valence-corrected chi connectivity index (χ1v) is 9.19. The molecule has 1 aliphatic rings. The summed E-state index contributed by atoms with van der Waals surface area (Å²) in [6, 6.07) is 8.89. The number of hydrogen-bond acceptors (Lipinski definition) is 5. The molecule has 2 heterocycles. The highest BCUT2D eigenvalue weighted by atomic mass is 16.5. The number of benzene rings is 1. The van der Waals surface area contributed by atoms with Crippen LogP contribution in [0.25, 0.3) is 11.0 Å². The van der Waals surface area contributed by atoms with Crippen LogP contribution in [0.4, 0.5) is 0 Å². The van der Waals surface area contributed by atoms with Crippen molar-refractivity contribution in [1.82, 2.24) is 14.7 Å². The van der Waals surface area contributed by atoms with Crippen LogP contribution in [0.3, 0.4) is 0 Å². The van der Waals surface area contributed by atoms with Gasteiger partial charge in [0, 0.05) is 37.6 Å². The summed E-state index contributed by atoms with van der Waals surface area (Å²) in [5, 5.41) is 1.12. The Labute approximate surface area is 151 Å². The number of piperidine rings is 1. The first-order valence-electron chi connectivity index (χ1n) is 9.19. The summed E-state index contributed by atoms with van der Waals surface area (Å²) in [5.41, 5.74) is 0.860. The second-order valence-corrected chi connectivity index (χ2v) is 7.38. The molecule has 1 fully saturated rings. The first-order chi connectivity index (χ1) is 12.1. The number of fused-ring (bicyclic) bond motifs is 1. The summed E-state index contributed by atoms with van der Waals surface area (Å²) in [6.07, 6.45) is 2.46. The number of nitrogens with zero attached hydrogens (tertiary/aromatic N) is 3. The Morgan fingerprint density at radius 1 is 1.16 bits per heavy atom. The van der Waals surface area contributed by atoms with Crippen molar-refractivity contribution in [2.24, 2.45) is 0 Å². The van der Waals surface area contributed by atoms with Gasteiger partial charge in [0.2, 0.25) is 0 Å². The van der Waals surface area contributed by atoms with Crippen LogP contribution in [0.5, 0.6) is 5.75 Å². The minimum Gasteiger partial charge on any atom is -0.493 e. The van der Waals surface area contributed by atoms with Crippen molar-refractivity contribution in [1.29, 1.82) is 0 Å². The number of likely N-dealkylation sites (N-methyl/N-ethyl adjacent to an activating group) is 2. The molecule has 25 heavy (non-hydrogen) atoms. The summed E-state index contributed by atoms with van der Waals surface area (Å²) in [4.78, 5) is 7.27. The molecule has 1 aromatic heterocycles. The van der Waals surface area contributed by atoms with Crippen molar-refractivity contribution in [2.45, 2.75) is 25.4 Å². The molecule has 0 bridgehead atoms. The van der Waals surface area contributed by atoms with Crippen molar-refractivity contribution in [2.75, 3.05) is 54.4 Å². The summed E-state index contributed by atoms with van der Waals surface area (Å²) in [6.45, 7) is 5.40. The molecule has 0 N–H and O–H groups in total. The predicted octanol–water partition coefficient (Wildman–Crippen LogP) is 2.90. The molecule has 5 nitrogen and oxygen atoms in total. The average Bonchev–Trinajstić information content (AvgIpc) is 3.02. The Balaban J connectivity index is 1.54. The van der Waals surface area contributed by atoms with E-state index >= 15 is 0 Å². The summed E-state index contributed by atoms with van der Waals surface area (Å²) in [7, 11) is 8.22. The highest BCUT2D eigenvalue weighted by molar-refractivity contribution is 5.83. The molecule has 1 aromatic carbocycles. The molecule has 3 rings (SSSR count). The standard InChI is InChI=1S/C20H31N3O2/c1-21(2)12-13-22(3)17-8-10-23(11-9-17)15-18-14-16-6-5-7-19(24-4)20(16)25-18/h5-7,14,17H,8-13,15H2,1-4H3. The van der Waals surface area contributed by atoms with Gasteiger partial charge in [0.15, 0.2) is 11.3 Å². The van der Waals surface area contributed by atoms with E-state index in [1.807, 2.05) is 12.1 Å². The zero-order valence-electron chi connectivity index (χ0n) is 16.0. The number of ether oxygens (including phenoxy) is 1. The van der Waals surface area contributed by atoms with Crippen LogP contribution in [0.2, 0.25) is 0 Å². The van der Waals surface area contributed by atoms with E-state index in [1.165, 1.54) is 12.8 Å². The number of methoxy groups -OCH3 is 1. The van der Waals surface area contributed by atoms with Crippen molar-refractivity contribution in [3.8, 4) is 5.75 Å². The third-order valence-electron chi connectivity index (χ3n) is 5.24. The molecule has 0 amide bonds. The fourth-order valence-electron chi connectivity index (χ4n) is 3.61. The maximum absolute atomic E-state index is 6.05. The van der Waals surface area contributed by atoms with E-state index in [2.05, 4.69) is 48.0 Å². The highest BCUT2D eigenvalue weighted by Gasteiger charge is 2.23. The predicted molar refractivity (Wildman–Crippen MR) is 102 cm³/mol. The molecular weight excluding hydrogens is 314 g/mol. The third kappa shape index (κ3) is 4.54. The molecule has 0 saturated carbocycles. The smallest absolute Gasteiger partial charge is 0.176 e. The Morgan fingerprint density at radius 3 is 2.60 bits per heavy atom.